The van der Waals surface area contributed by atoms with Crippen LogP contribution in [0.3, 0.4) is 0 Å². The Bertz CT molecular complexity index is 663. The Balaban J connectivity index is 1.84. The summed E-state index contributed by atoms with van der Waals surface area (Å²) < 4.78 is 0. The summed E-state index contributed by atoms with van der Waals surface area (Å²) in [5.74, 6) is 1.26. The number of aromatic nitrogens is 1. The Morgan fingerprint density at radius 3 is 2.50 bits per heavy atom. The smallest absolute Gasteiger partial charge is 0.191 e. The molecule has 1 heterocycles. The minimum Gasteiger partial charge on any atom is -0.356 e. The number of aryl methyl sites for hydroxylation is 2. The Morgan fingerprint density at radius 2 is 1.92 bits per heavy atom. The van der Waals surface area contributed by atoms with Gasteiger partial charge in [0.05, 0.1) is 10.7 Å². The topological polar surface area (TPSA) is 49.3 Å². The molecule has 0 aliphatic rings. The Labute approximate surface area is 149 Å². The third-order valence-corrected chi connectivity index (χ3v) is 5.44. The lowest BCUT2D eigenvalue weighted by atomic mass is 9.94. The molecule has 1 aromatic carbocycles. The molecule has 2 rings (SSSR count). The maximum Gasteiger partial charge on any atom is 0.191 e. The van der Waals surface area contributed by atoms with Crippen molar-refractivity contribution in [2.75, 3.05) is 13.6 Å². The summed E-state index contributed by atoms with van der Waals surface area (Å²) in [4.78, 5) is 10.2. The van der Waals surface area contributed by atoms with Crippen LogP contribution >= 0.6 is 11.3 Å². The van der Waals surface area contributed by atoms with Gasteiger partial charge in [0, 0.05) is 36.9 Å². The molecule has 130 valence electrons. The highest BCUT2D eigenvalue weighted by Crippen LogP contribution is 2.19. The summed E-state index contributed by atoms with van der Waals surface area (Å²) in [5, 5.41) is 8.04. The number of benzene rings is 1. The Hall–Kier alpha value is -1.88. The summed E-state index contributed by atoms with van der Waals surface area (Å²) in [6, 6.07) is 10.9. The van der Waals surface area contributed by atoms with Gasteiger partial charge in [0.15, 0.2) is 5.96 Å². The van der Waals surface area contributed by atoms with E-state index >= 15 is 0 Å². The first-order valence-corrected chi connectivity index (χ1v) is 9.28. The predicted molar refractivity (Wildman–Crippen MR) is 104 cm³/mol. The SMILES string of the molecule is CN=C(NCCc1sc(C)nc1C)NC(C)C(C)c1ccccc1. The van der Waals surface area contributed by atoms with E-state index in [2.05, 4.69) is 78.6 Å². The fourth-order valence-electron chi connectivity index (χ4n) is 2.68. The van der Waals surface area contributed by atoms with Crippen LogP contribution in [-0.4, -0.2) is 30.6 Å². The van der Waals surface area contributed by atoms with Crippen LogP contribution in [0.1, 0.15) is 40.9 Å². The highest BCUT2D eigenvalue weighted by molar-refractivity contribution is 7.11. The van der Waals surface area contributed by atoms with Gasteiger partial charge in [-0.1, -0.05) is 37.3 Å². The van der Waals surface area contributed by atoms with E-state index in [9.17, 15) is 0 Å². The molecule has 0 saturated carbocycles. The Morgan fingerprint density at radius 1 is 1.21 bits per heavy atom. The lowest BCUT2D eigenvalue weighted by Gasteiger charge is -2.24. The molecule has 4 nitrogen and oxygen atoms in total. The number of thiazole rings is 1. The van der Waals surface area contributed by atoms with Gasteiger partial charge in [-0.2, -0.15) is 0 Å². The van der Waals surface area contributed by atoms with Crippen molar-refractivity contribution >= 4 is 17.3 Å². The third kappa shape index (κ3) is 5.06. The maximum absolute atomic E-state index is 4.48. The molecular formula is C19H28N4S. The van der Waals surface area contributed by atoms with Crippen molar-refractivity contribution in [3.63, 3.8) is 0 Å². The average Bonchev–Trinajstić information content (AvgIpc) is 2.91. The first-order chi connectivity index (χ1) is 11.5. The lowest BCUT2D eigenvalue weighted by molar-refractivity contribution is 0.550. The molecule has 0 fully saturated rings. The number of nitrogens with one attached hydrogen (secondary N) is 2. The predicted octanol–water partition coefficient (Wildman–Crippen LogP) is 3.66. The second kappa shape index (κ2) is 8.83. The van der Waals surface area contributed by atoms with Gasteiger partial charge in [-0.05, 0) is 26.3 Å². The second-order valence-electron chi connectivity index (χ2n) is 6.12. The molecule has 0 bridgehead atoms. The lowest BCUT2D eigenvalue weighted by Crippen LogP contribution is -2.44. The van der Waals surface area contributed by atoms with Gasteiger partial charge < -0.3 is 10.6 Å². The molecular weight excluding hydrogens is 316 g/mol. The molecule has 5 heteroatoms. The van der Waals surface area contributed by atoms with E-state index in [1.807, 2.05) is 7.05 Å². The van der Waals surface area contributed by atoms with E-state index in [0.717, 1.165) is 29.6 Å². The largest absolute Gasteiger partial charge is 0.356 e. The number of hydrogen-bond acceptors (Lipinski definition) is 3. The maximum atomic E-state index is 4.48. The molecule has 0 aliphatic heterocycles. The molecule has 2 atom stereocenters. The first-order valence-electron chi connectivity index (χ1n) is 8.46. The van der Waals surface area contributed by atoms with Gasteiger partial charge in [0.25, 0.3) is 0 Å². The normalized spacial score (nSPS) is 14.3. The Kier molecular flexibility index (Phi) is 6.79. The minimum absolute atomic E-state index is 0.297. The molecule has 2 unspecified atom stereocenters. The van der Waals surface area contributed by atoms with Crippen LogP contribution in [0.25, 0.3) is 0 Å². The van der Waals surface area contributed by atoms with Crippen LogP contribution in [0, 0.1) is 13.8 Å². The van der Waals surface area contributed by atoms with Crippen LogP contribution in [0.4, 0.5) is 0 Å². The second-order valence-corrected chi connectivity index (χ2v) is 7.41. The van der Waals surface area contributed by atoms with Crippen molar-refractivity contribution in [3.05, 3.63) is 51.5 Å². The molecule has 2 aromatic rings. The molecule has 2 N–H and O–H groups in total. The minimum atomic E-state index is 0.297. The molecule has 0 amide bonds. The van der Waals surface area contributed by atoms with E-state index < -0.39 is 0 Å². The van der Waals surface area contributed by atoms with Crippen molar-refractivity contribution in [1.82, 2.24) is 15.6 Å². The van der Waals surface area contributed by atoms with E-state index in [4.69, 9.17) is 0 Å². The fraction of sp³-hybridized carbons (Fsp3) is 0.474. The van der Waals surface area contributed by atoms with Gasteiger partial charge in [0.1, 0.15) is 0 Å². The summed E-state index contributed by atoms with van der Waals surface area (Å²) >= 11 is 1.78. The van der Waals surface area contributed by atoms with Gasteiger partial charge in [-0.15, -0.1) is 11.3 Å². The molecule has 0 saturated heterocycles. The number of hydrogen-bond donors (Lipinski definition) is 2. The summed E-state index contributed by atoms with van der Waals surface area (Å²) in [7, 11) is 1.82. The van der Waals surface area contributed by atoms with Gasteiger partial charge in [-0.25, -0.2) is 4.98 Å². The van der Waals surface area contributed by atoms with Crippen LogP contribution < -0.4 is 10.6 Å². The monoisotopic (exact) mass is 344 g/mol. The van der Waals surface area contributed by atoms with E-state index in [1.165, 1.54) is 10.4 Å². The van der Waals surface area contributed by atoms with E-state index in [0.29, 0.717) is 12.0 Å². The van der Waals surface area contributed by atoms with Crippen molar-refractivity contribution in [2.45, 2.75) is 46.1 Å². The third-order valence-electron chi connectivity index (χ3n) is 4.31. The number of aliphatic imine (C=N–C) groups is 1. The molecule has 1 aromatic heterocycles. The fourth-order valence-corrected chi connectivity index (χ4v) is 3.62. The number of rotatable bonds is 6. The number of nitrogens with zero attached hydrogens (tertiary/aromatic N) is 2. The van der Waals surface area contributed by atoms with Crippen LogP contribution in [0.15, 0.2) is 35.3 Å². The van der Waals surface area contributed by atoms with Crippen molar-refractivity contribution in [1.29, 1.82) is 0 Å². The van der Waals surface area contributed by atoms with Gasteiger partial charge in [-0.3, -0.25) is 4.99 Å². The molecule has 0 aliphatic carbocycles. The zero-order chi connectivity index (χ0) is 17.5. The summed E-state index contributed by atoms with van der Waals surface area (Å²) in [5.41, 5.74) is 2.48. The van der Waals surface area contributed by atoms with Crippen LogP contribution in [-0.2, 0) is 6.42 Å². The highest BCUT2D eigenvalue weighted by atomic mass is 32.1. The summed E-state index contributed by atoms with van der Waals surface area (Å²) in [6.45, 7) is 9.43. The highest BCUT2D eigenvalue weighted by Gasteiger charge is 2.15. The standard InChI is InChI=1S/C19H28N4S/c1-13(17-9-7-6-8-10-17)14(2)23-19(20-5)21-12-11-18-15(3)22-16(4)24-18/h6-10,13-14H,11-12H2,1-5H3,(H2,20,21,23). The zero-order valence-corrected chi connectivity index (χ0v) is 16.1. The van der Waals surface area contributed by atoms with E-state index in [1.54, 1.807) is 11.3 Å². The van der Waals surface area contributed by atoms with Crippen molar-refractivity contribution in [3.8, 4) is 0 Å². The van der Waals surface area contributed by atoms with Crippen molar-refractivity contribution in [2.24, 2.45) is 4.99 Å². The van der Waals surface area contributed by atoms with E-state index in [-0.39, 0.29) is 0 Å². The summed E-state index contributed by atoms with van der Waals surface area (Å²) in [6.07, 6.45) is 0.973. The molecule has 24 heavy (non-hydrogen) atoms. The van der Waals surface area contributed by atoms with Crippen LogP contribution in [0.5, 0.6) is 0 Å². The molecule has 0 radical (unpaired) electrons. The van der Waals surface area contributed by atoms with Crippen LogP contribution in [0.2, 0.25) is 0 Å². The van der Waals surface area contributed by atoms with Gasteiger partial charge in [0.2, 0.25) is 0 Å². The first kappa shape index (κ1) is 18.5. The number of guanidine groups is 1. The van der Waals surface area contributed by atoms with Gasteiger partial charge >= 0.3 is 0 Å². The van der Waals surface area contributed by atoms with Crippen molar-refractivity contribution < 1.29 is 0 Å². The average molecular weight is 345 g/mol. The zero-order valence-electron chi connectivity index (χ0n) is 15.3. The molecule has 0 spiro atoms. The quantitative estimate of drug-likeness (QED) is 0.621.